The van der Waals surface area contributed by atoms with E-state index in [0.29, 0.717) is 25.2 Å². The lowest BCUT2D eigenvalue weighted by atomic mass is 9.88. The van der Waals surface area contributed by atoms with E-state index >= 15 is 0 Å². The Morgan fingerprint density at radius 2 is 2.14 bits per heavy atom. The lowest BCUT2D eigenvalue weighted by Crippen LogP contribution is -2.32. The number of ether oxygens (including phenoxy) is 1. The molecule has 1 amide bonds. The minimum atomic E-state index is -0.0107. The molecule has 0 aromatic heterocycles. The average molecular weight is 401 g/mol. The highest BCUT2D eigenvalue weighted by Crippen LogP contribution is 2.26. The summed E-state index contributed by atoms with van der Waals surface area (Å²) < 4.78 is 6.94. The molecule has 0 bridgehead atoms. The molecule has 1 fully saturated rings. The van der Waals surface area contributed by atoms with Crippen LogP contribution in [0.3, 0.4) is 0 Å². The Kier molecular flexibility index (Phi) is 6.48. The molecule has 0 aliphatic heterocycles. The van der Waals surface area contributed by atoms with E-state index in [1.165, 1.54) is 19.3 Å². The summed E-state index contributed by atoms with van der Waals surface area (Å²) in [6.45, 7) is 5.46. The zero-order valence-corrected chi connectivity index (χ0v) is 15.0. The summed E-state index contributed by atoms with van der Waals surface area (Å²) in [5, 5.41) is 2.95. The van der Waals surface area contributed by atoms with E-state index in [0.717, 1.165) is 21.1 Å². The van der Waals surface area contributed by atoms with Gasteiger partial charge < -0.3 is 10.1 Å². The summed E-state index contributed by atoms with van der Waals surface area (Å²) in [6, 6.07) is 5.81. The largest absolute Gasteiger partial charge is 0.376 e. The third-order valence-corrected chi connectivity index (χ3v) is 5.62. The molecule has 0 unspecified atom stereocenters. The third-order valence-electron chi connectivity index (χ3n) is 4.19. The van der Waals surface area contributed by atoms with Gasteiger partial charge in [0.1, 0.15) is 0 Å². The molecule has 21 heavy (non-hydrogen) atoms. The minimum Gasteiger partial charge on any atom is -0.376 e. The first-order valence-electron chi connectivity index (χ1n) is 7.74. The molecule has 1 aromatic rings. The van der Waals surface area contributed by atoms with Crippen molar-refractivity contribution in [2.45, 2.75) is 45.6 Å². The summed E-state index contributed by atoms with van der Waals surface area (Å²) in [5.74, 6) is 0.635. The summed E-state index contributed by atoms with van der Waals surface area (Å²) in [4.78, 5) is 12.2. The van der Waals surface area contributed by atoms with E-state index in [9.17, 15) is 4.79 Å². The Labute approximate surface area is 141 Å². The van der Waals surface area contributed by atoms with E-state index in [2.05, 4.69) is 34.8 Å². The molecule has 1 N–H and O–H groups in total. The van der Waals surface area contributed by atoms with Crippen molar-refractivity contribution in [1.82, 2.24) is 5.32 Å². The molecule has 1 aromatic carbocycles. The third kappa shape index (κ3) is 4.68. The standard InChI is InChI=1S/C17H24INO2/c1-12-6-3-4-9-15(12)21-11-10-19-17(20)14-8-5-7-13(2)16(14)18/h5,7-8,12,15H,3-4,6,9-11H2,1-2H3,(H,19,20)/t12-,15+/m1/s1. The van der Waals surface area contributed by atoms with Gasteiger partial charge in [0.05, 0.1) is 18.3 Å². The second-order valence-corrected chi connectivity index (χ2v) is 6.94. The quantitative estimate of drug-likeness (QED) is 0.600. The number of hydrogen-bond donors (Lipinski definition) is 1. The maximum atomic E-state index is 12.2. The van der Waals surface area contributed by atoms with E-state index in [1.807, 2.05) is 25.1 Å². The van der Waals surface area contributed by atoms with E-state index in [4.69, 9.17) is 4.74 Å². The predicted molar refractivity (Wildman–Crippen MR) is 93.6 cm³/mol. The van der Waals surface area contributed by atoms with E-state index in [1.54, 1.807) is 0 Å². The molecule has 0 saturated heterocycles. The Hall–Kier alpha value is -0.620. The highest BCUT2D eigenvalue weighted by atomic mass is 127. The number of amides is 1. The molecule has 1 aliphatic carbocycles. The number of halogens is 1. The van der Waals surface area contributed by atoms with Gasteiger partial charge in [-0.2, -0.15) is 0 Å². The van der Waals surface area contributed by atoms with Crippen molar-refractivity contribution >= 4 is 28.5 Å². The van der Waals surface area contributed by atoms with Gasteiger partial charge in [-0.15, -0.1) is 0 Å². The van der Waals surface area contributed by atoms with Crippen molar-refractivity contribution in [3.05, 3.63) is 32.9 Å². The number of benzene rings is 1. The van der Waals surface area contributed by atoms with Crippen LogP contribution in [0, 0.1) is 16.4 Å². The summed E-state index contributed by atoms with van der Waals surface area (Å²) in [6.07, 6.45) is 5.38. The monoisotopic (exact) mass is 401 g/mol. The molecule has 2 rings (SSSR count). The summed E-state index contributed by atoms with van der Waals surface area (Å²) >= 11 is 2.23. The number of nitrogens with one attached hydrogen (secondary N) is 1. The number of hydrogen-bond acceptors (Lipinski definition) is 2. The van der Waals surface area contributed by atoms with Crippen molar-refractivity contribution in [3.8, 4) is 0 Å². The van der Waals surface area contributed by atoms with Crippen LogP contribution in [-0.2, 0) is 4.74 Å². The molecule has 116 valence electrons. The molecule has 0 spiro atoms. The molecule has 1 aliphatic rings. The van der Waals surface area contributed by atoms with Crippen LogP contribution in [0.4, 0.5) is 0 Å². The van der Waals surface area contributed by atoms with Gasteiger partial charge in [-0.3, -0.25) is 4.79 Å². The van der Waals surface area contributed by atoms with Crippen LogP contribution < -0.4 is 5.32 Å². The van der Waals surface area contributed by atoms with Crippen LogP contribution in [0.15, 0.2) is 18.2 Å². The van der Waals surface area contributed by atoms with Crippen LogP contribution in [0.2, 0.25) is 0 Å². The minimum absolute atomic E-state index is 0.0107. The van der Waals surface area contributed by atoms with Gasteiger partial charge >= 0.3 is 0 Å². The van der Waals surface area contributed by atoms with Crippen LogP contribution in [0.5, 0.6) is 0 Å². The second kappa shape index (κ2) is 8.13. The molecule has 2 atom stereocenters. The highest BCUT2D eigenvalue weighted by Gasteiger charge is 2.21. The van der Waals surface area contributed by atoms with Crippen molar-refractivity contribution in [3.63, 3.8) is 0 Å². The topological polar surface area (TPSA) is 38.3 Å². The molecule has 1 saturated carbocycles. The van der Waals surface area contributed by atoms with E-state index in [-0.39, 0.29) is 5.91 Å². The molecule has 0 heterocycles. The predicted octanol–water partition coefficient (Wildman–Crippen LogP) is 3.92. The fraction of sp³-hybridized carbons (Fsp3) is 0.588. The summed E-state index contributed by atoms with van der Waals surface area (Å²) in [5.41, 5.74) is 1.89. The van der Waals surface area contributed by atoms with Crippen molar-refractivity contribution < 1.29 is 9.53 Å². The lowest BCUT2D eigenvalue weighted by molar-refractivity contribution is -0.00294. The Morgan fingerprint density at radius 1 is 1.38 bits per heavy atom. The Balaban J connectivity index is 1.75. The zero-order valence-electron chi connectivity index (χ0n) is 12.8. The first kappa shape index (κ1) is 16.7. The zero-order chi connectivity index (χ0) is 15.2. The number of aryl methyl sites for hydroxylation is 1. The van der Waals surface area contributed by atoms with Gasteiger partial charge in [-0.05, 0) is 59.9 Å². The molecule has 0 radical (unpaired) electrons. The molecule has 4 heteroatoms. The van der Waals surface area contributed by atoms with Gasteiger partial charge in [0, 0.05) is 10.1 Å². The highest BCUT2D eigenvalue weighted by molar-refractivity contribution is 14.1. The SMILES string of the molecule is Cc1cccc(C(=O)NCCO[C@H]2CCCC[C@H]2C)c1I. The van der Waals surface area contributed by atoms with Gasteiger partial charge in [-0.1, -0.05) is 31.9 Å². The Morgan fingerprint density at radius 3 is 2.90 bits per heavy atom. The smallest absolute Gasteiger partial charge is 0.252 e. The van der Waals surface area contributed by atoms with Gasteiger partial charge in [0.2, 0.25) is 0 Å². The fourth-order valence-electron chi connectivity index (χ4n) is 2.82. The number of rotatable bonds is 5. The van der Waals surface area contributed by atoms with Crippen molar-refractivity contribution in [1.29, 1.82) is 0 Å². The Bertz CT molecular complexity index is 490. The van der Waals surface area contributed by atoms with Crippen LogP contribution >= 0.6 is 22.6 Å². The first-order chi connectivity index (χ1) is 10.1. The molecule has 3 nitrogen and oxygen atoms in total. The maximum absolute atomic E-state index is 12.2. The fourth-order valence-corrected chi connectivity index (χ4v) is 3.43. The van der Waals surface area contributed by atoms with E-state index < -0.39 is 0 Å². The average Bonchev–Trinajstić information content (AvgIpc) is 2.48. The van der Waals surface area contributed by atoms with Crippen molar-refractivity contribution in [2.75, 3.05) is 13.2 Å². The number of carbonyl (C=O) groups is 1. The maximum Gasteiger partial charge on any atom is 0.252 e. The molecular weight excluding hydrogens is 377 g/mol. The van der Waals surface area contributed by atoms with Gasteiger partial charge in [0.25, 0.3) is 5.91 Å². The van der Waals surface area contributed by atoms with Crippen LogP contribution in [-0.4, -0.2) is 25.2 Å². The van der Waals surface area contributed by atoms with Crippen LogP contribution in [0.25, 0.3) is 0 Å². The summed E-state index contributed by atoms with van der Waals surface area (Å²) in [7, 11) is 0. The van der Waals surface area contributed by atoms with Crippen LogP contribution in [0.1, 0.15) is 48.5 Å². The number of carbonyl (C=O) groups excluding carboxylic acids is 1. The second-order valence-electron chi connectivity index (χ2n) is 5.86. The first-order valence-corrected chi connectivity index (χ1v) is 8.82. The van der Waals surface area contributed by atoms with Gasteiger partial charge in [0.15, 0.2) is 0 Å². The van der Waals surface area contributed by atoms with Crippen molar-refractivity contribution in [2.24, 2.45) is 5.92 Å². The normalized spacial score (nSPS) is 22.0. The molecular formula is C17H24INO2. The lowest BCUT2D eigenvalue weighted by Gasteiger charge is -2.28. The van der Waals surface area contributed by atoms with Gasteiger partial charge in [-0.25, -0.2) is 0 Å².